The predicted octanol–water partition coefficient (Wildman–Crippen LogP) is 6.45. The summed E-state index contributed by atoms with van der Waals surface area (Å²) >= 11 is 0.627. The molecule has 0 saturated heterocycles. The number of halogens is 5. The van der Waals surface area contributed by atoms with Gasteiger partial charge in [0.05, 0.1) is 5.69 Å². The van der Waals surface area contributed by atoms with Gasteiger partial charge in [0.1, 0.15) is 11.6 Å². The van der Waals surface area contributed by atoms with Gasteiger partial charge in [-0.3, -0.25) is 0 Å². The molecule has 5 rings (SSSR count). The highest BCUT2D eigenvalue weighted by atomic mass is 32.3. The third kappa shape index (κ3) is 5.85. The summed E-state index contributed by atoms with van der Waals surface area (Å²) in [5, 5.41) is 19.4. The van der Waals surface area contributed by atoms with Crippen molar-refractivity contribution in [1.29, 1.82) is 0 Å². The van der Waals surface area contributed by atoms with Gasteiger partial charge in [-0.1, -0.05) is 24.3 Å². The number of carboxylic acid groups (broad SMARTS) is 1. The van der Waals surface area contributed by atoms with E-state index in [1.165, 1.54) is 48.5 Å². The van der Waals surface area contributed by atoms with Crippen LogP contribution in [-0.4, -0.2) is 30.4 Å². The molecule has 0 aliphatic heterocycles. The topological polar surface area (TPSA) is 131 Å². The number of carboxylic acids is 1. The molecule has 3 aromatic carbocycles. The number of alkyl halides is 3. The molecule has 5 aromatic rings. The summed E-state index contributed by atoms with van der Waals surface area (Å²) in [5.74, 6) is -2.85. The Labute approximate surface area is 239 Å². The molecule has 0 saturated carbocycles. The van der Waals surface area contributed by atoms with E-state index in [2.05, 4.69) is 10.1 Å². The number of hydrogen-bond acceptors (Lipinski definition) is 5. The first kappa shape index (κ1) is 29.2. The van der Waals surface area contributed by atoms with Crippen LogP contribution in [0.5, 0.6) is 0 Å². The summed E-state index contributed by atoms with van der Waals surface area (Å²) in [5.41, 5.74) is -1.93. The van der Waals surface area contributed by atoms with Crippen LogP contribution in [-0.2, 0) is 27.2 Å². The number of aromatic nitrogens is 3. The van der Waals surface area contributed by atoms with Gasteiger partial charge in [-0.15, -0.1) is 16.5 Å². The molecule has 0 spiro atoms. The zero-order chi connectivity index (χ0) is 30.4. The Morgan fingerprint density at radius 2 is 1.74 bits per heavy atom. The molecule has 1 atom stereocenters. The lowest BCUT2D eigenvalue weighted by Crippen LogP contribution is -2.20. The number of nitrogens with zero attached hydrogens (tertiary/aromatic N) is 3. The van der Waals surface area contributed by atoms with Gasteiger partial charge in [0.25, 0.3) is 0 Å². The molecule has 4 N–H and O–H groups in total. The summed E-state index contributed by atoms with van der Waals surface area (Å²) in [6.07, 6.45) is -5.41. The number of rotatable bonds is 7. The Hall–Kier alpha value is -4.31. The molecule has 2 aromatic heterocycles. The van der Waals surface area contributed by atoms with E-state index in [1.54, 1.807) is 0 Å². The summed E-state index contributed by atoms with van der Waals surface area (Å²) in [6.45, 7) is 0. The Morgan fingerprint density at radius 1 is 1.02 bits per heavy atom. The Kier molecular flexibility index (Phi) is 7.53. The fourth-order valence-corrected chi connectivity index (χ4v) is 5.57. The smallest absolute Gasteiger partial charge is 0.433 e. The number of aromatic carboxylic acids is 1. The summed E-state index contributed by atoms with van der Waals surface area (Å²) < 4.78 is 94.6. The summed E-state index contributed by atoms with van der Waals surface area (Å²) in [6, 6.07) is 13.6. The van der Waals surface area contributed by atoms with Crippen LogP contribution < -0.4 is 5.14 Å². The van der Waals surface area contributed by atoms with Gasteiger partial charge in [-0.2, -0.15) is 22.8 Å². The highest BCUT2D eigenvalue weighted by Crippen LogP contribution is 2.41. The quantitative estimate of drug-likeness (QED) is 0.141. The average Bonchev–Trinajstić information content (AvgIpc) is 3.54. The molecular weight excluding hydrogens is 603 g/mol. The molecule has 0 amide bonds. The van der Waals surface area contributed by atoms with E-state index in [0.29, 0.717) is 16.0 Å². The maximum absolute atomic E-state index is 14.9. The van der Waals surface area contributed by atoms with Crippen molar-refractivity contribution in [2.24, 2.45) is 5.14 Å². The number of benzene rings is 3. The van der Waals surface area contributed by atoms with E-state index in [-0.39, 0.29) is 43.5 Å². The van der Waals surface area contributed by atoms with Crippen molar-refractivity contribution in [3.63, 3.8) is 0 Å². The van der Waals surface area contributed by atoms with E-state index in [0.717, 1.165) is 23.6 Å². The number of nitrogens with two attached hydrogens (primary N) is 1. The summed E-state index contributed by atoms with van der Waals surface area (Å²) in [7, 11) is -3.81. The van der Waals surface area contributed by atoms with Crippen LogP contribution in [0.15, 0.2) is 77.0 Å². The van der Waals surface area contributed by atoms with Gasteiger partial charge in [0, 0.05) is 28.5 Å². The molecule has 8 nitrogen and oxygen atoms in total. The SMILES string of the molecule is N[S+](=O)(O)c1ccc(Cc2c(-c3ccc(F)c(-c4cccc(F)c4)c3)nn(-c3nc(C(=O)O)cs3)c2C(F)(F)F)cc1. The van der Waals surface area contributed by atoms with E-state index in [9.17, 15) is 40.6 Å². The molecular formula is C27H18F5N4O4S2+. The molecule has 216 valence electrons. The van der Waals surface area contributed by atoms with Gasteiger partial charge in [-0.25, -0.2) is 23.2 Å². The lowest BCUT2D eigenvalue weighted by atomic mass is 9.96. The Morgan fingerprint density at radius 3 is 2.33 bits per heavy atom. The lowest BCUT2D eigenvalue weighted by Gasteiger charge is -2.12. The minimum absolute atomic E-state index is 0.0573. The monoisotopic (exact) mass is 621 g/mol. The van der Waals surface area contributed by atoms with Crippen molar-refractivity contribution in [3.05, 3.63) is 106 Å². The molecule has 0 fully saturated rings. The van der Waals surface area contributed by atoms with Gasteiger partial charge in [0.15, 0.2) is 11.4 Å². The third-order valence-corrected chi connectivity index (χ3v) is 7.93. The van der Waals surface area contributed by atoms with E-state index >= 15 is 0 Å². The zero-order valence-corrected chi connectivity index (χ0v) is 22.6. The third-order valence-electron chi connectivity index (χ3n) is 6.16. The first-order valence-electron chi connectivity index (χ1n) is 11.8. The maximum atomic E-state index is 14.9. The highest BCUT2D eigenvalue weighted by Gasteiger charge is 2.41. The standard InChI is InChI=1S/C27H17F5N4O4S2/c28-17-3-1-2-15(11-17)19-12-16(6-9-21(19)29)23-20(10-14-4-7-18(8-5-14)42(33,39)40)24(27(30,31)32)36(35-23)26-34-22(13-41-26)25(37)38/h1-9,11-13H,10H2,(H3-,33,37,38,39,40)/p+1. The maximum Gasteiger partial charge on any atom is 0.433 e. The molecule has 42 heavy (non-hydrogen) atoms. The molecule has 0 aliphatic carbocycles. The second kappa shape index (κ2) is 10.8. The zero-order valence-electron chi connectivity index (χ0n) is 21.0. The van der Waals surface area contributed by atoms with Crippen LogP contribution in [0.3, 0.4) is 0 Å². The van der Waals surface area contributed by atoms with Crippen molar-refractivity contribution < 1.29 is 40.6 Å². The molecule has 1 unspecified atom stereocenters. The second-order valence-electron chi connectivity index (χ2n) is 9.00. The van der Waals surface area contributed by atoms with Crippen LogP contribution in [0.2, 0.25) is 0 Å². The van der Waals surface area contributed by atoms with Crippen molar-refractivity contribution in [2.45, 2.75) is 17.5 Å². The molecule has 0 aliphatic rings. The van der Waals surface area contributed by atoms with Gasteiger partial charge >= 0.3 is 22.5 Å². The lowest BCUT2D eigenvalue weighted by molar-refractivity contribution is -0.143. The molecule has 0 radical (unpaired) electrons. The van der Waals surface area contributed by atoms with Gasteiger partial charge in [-0.05, 0) is 57.8 Å². The van der Waals surface area contributed by atoms with E-state index in [1.807, 2.05) is 0 Å². The minimum Gasteiger partial charge on any atom is -0.476 e. The fourth-order valence-electron chi connectivity index (χ4n) is 4.30. The van der Waals surface area contributed by atoms with Crippen LogP contribution in [0.25, 0.3) is 27.5 Å². The number of thiazole rings is 1. The van der Waals surface area contributed by atoms with Crippen molar-refractivity contribution >= 4 is 27.7 Å². The minimum atomic E-state index is -5.02. The Balaban J connectivity index is 1.74. The number of carbonyl (C=O) groups is 1. The van der Waals surface area contributed by atoms with Crippen LogP contribution in [0.1, 0.15) is 27.3 Å². The predicted molar refractivity (Wildman–Crippen MR) is 144 cm³/mol. The van der Waals surface area contributed by atoms with E-state index in [4.69, 9.17) is 5.14 Å². The van der Waals surface area contributed by atoms with Crippen LogP contribution >= 0.6 is 11.3 Å². The molecule has 15 heteroatoms. The van der Waals surface area contributed by atoms with E-state index < -0.39 is 52.0 Å². The van der Waals surface area contributed by atoms with Gasteiger partial charge < -0.3 is 5.11 Å². The van der Waals surface area contributed by atoms with Crippen molar-refractivity contribution in [1.82, 2.24) is 14.8 Å². The highest BCUT2D eigenvalue weighted by molar-refractivity contribution is 7.95. The van der Waals surface area contributed by atoms with Crippen LogP contribution in [0.4, 0.5) is 22.0 Å². The first-order valence-corrected chi connectivity index (χ1v) is 14.3. The Bertz CT molecular complexity index is 1860. The van der Waals surface area contributed by atoms with Gasteiger partial charge in [0.2, 0.25) is 10.0 Å². The van der Waals surface area contributed by atoms with Crippen LogP contribution in [0, 0.1) is 11.6 Å². The largest absolute Gasteiger partial charge is 0.476 e. The van der Waals surface area contributed by atoms with Crippen molar-refractivity contribution in [2.75, 3.05) is 0 Å². The summed E-state index contributed by atoms with van der Waals surface area (Å²) in [4.78, 5) is 15.0. The average molecular weight is 622 g/mol. The normalized spacial score (nSPS) is 13.2. The second-order valence-corrected chi connectivity index (χ2v) is 11.4. The van der Waals surface area contributed by atoms with Crippen molar-refractivity contribution in [3.8, 4) is 27.5 Å². The molecule has 0 bridgehead atoms. The fraction of sp³-hybridized carbons (Fsp3) is 0.0741. The molecule has 2 heterocycles. The first-order chi connectivity index (χ1) is 19.7. The number of hydrogen-bond donors (Lipinski definition) is 3.